The molecule has 1 aliphatic rings. The molecule has 0 aromatic rings. The second-order valence-electron chi connectivity index (χ2n) is 4.54. The zero-order chi connectivity index (χ0) is 9.19. The van der Waals surface area contributed by atoms with Gasteiger partial charge < -0.3 is 5.73 Å². The predicted octanol–water partition coefficient (Wildman–Crippen LogP) is 2.86. The van der Waals surface area contributed by atoms with Crippen molar-refractivity contribution in [3.63, 3.8) is 0 Å². The fraction of sp³-hybridized carbons (Fsp3) is 0.818. The summed E-state index contributed by atoms with van der Waals surface area (Å²) in [5.74, 6) is 0. The fourth-order valence-electron chi connectivity index (χ4n) is 2.01. The van der Waals surface area contributed by atoms with Crippen LogP contribution in [0.15, 0.2) is 11.6 Å². The van der Waals surface area contributed by atoms with Crippen molar-refractivity contribution in [1.29, 1.82) is 0 Å². The molecule has 0 aromatic heterocycles. The van der Waals surface area contributed by atoms with Crippen molar-refractivity contribution < 1.29 is 0 Å². The lowest BCUT2D eigenvalue weighted by Crippen LogP contribution is -2.19. The summed E-state index contributed by atoms with van der Waals surface area (Å²) in [6.07, 6.45) is 7.86. The van der Waals surface area contributed by atoms with Crippen molar-refractivity contribution in [1.82, 2.24) is 0 Å². The molecule has 0 saturated heterocycles. The molecule has 1 unspecified atom stereocenters. The van der Waals surface area contributed by atoms with Crippen LogP contribution in [0.3, 0.4) is 0 Å². The molecule has 70 valence electrons. The Labute approximate surface area is 76.0 Å². The Balaban J connectivity index is 2.63. The highest BCUT2D eigenvalue weighted by atomic mass is 14.6. The Morgan fingerprint density at radius 2 is 1.92 bits per heavy atom. The highest BCUT2D eigenvalue weighted by Crippen LogP contribution is 2.39. The SMILES string of the molecule is C/C(=C\C1(C)CCCC1)C(C)N. The predicted molar refractivity (Wildman–Crippen MR) is 54.0 cm³/mol. The van der Waals surface area contributed by atoms with E-state index >= 15 is 0 Å². The van der Waals surface area contributed by atoms with Gasteiger partial charge in [0.05, 0.1) is 0 Å². The molecule has 0 heterocycles. The average molecular weight is 167 g/mol. The van der Waals surface area contributed by atoms with Gasteiger partial charge >= 0.3 is 0 Å². The maximum atomic E-state index is 5.80. The van der Waals surface area contributed by atoms with Crippen LogP contribution in [0, 0.1) is 5.41 Å². The third kappa shape index (κ3) is 2.34. The van der Waals surface area contributed by atoms with Gasteiger partial charge in [-0.05, 0) is 32.1 Å². The van der Waals surface area contributed by atoms with E-state index in [0.717, 1.165) is 0 Å². The average Bonchev–Trinajstić information content (AvgIpc) is 2.35. The molecule has 2 N–H and O–H groups in total. The standard InChI is InChI=1S/C11H21N/c1-9(10(2)12)8-11(3)6-4-5-7-11/h8,10H,4-7,12H2,1-3H3/b9-8+. The first-order valence-electron chi connectivity index (χ1n) is 4.98. The molecule has 0 aromatic carbocycles. The van der Waals surface area contributed by atoms with Gasteiger partial charge in [0.25, 0.3) is 0 Å². The lowest BCUT2D eigenvalue weighted by molar-refractivity contribution is 0.441. The quantitative estimate of drug-likeness (QED) is 0.629. The zero-order valence-corrected chi connectivity index (χ0v) is 8.56. The third-order valence-electron chi connectivity index (χ3n) is 3.04. The molecule has 0 bridgehead atoms. The van der Waals surface area contributed by atoms with Crippen LogP contribution >= 0.6 is 0 Å². The Morgan fingerprint density at radius 1 is 1.42 bits per heavy atom. The van der Waals surface area contributed by atoms with E-state index in [-0.39, 0.29) is 6.04 Å². The van der Waals surface area contributed by atoms with Gasteiger partial charge in [-0.15, -0.1) is 0 Å². The van der Waals surface area contributed by atoms with Crippen LogP contribution in [0.25, 0.3) is 0 Å². The Kier molecular flexibility index (Phi) is 2.94. The summed E-state index contributed by atoms with van der Waals surface area (Å²) < 4.78 is 0. The third-order valence-corrected chi connectivity index (χ3v) is 3.04. The van der Waals surface area contributed by atoms with Crippen molar-refractivity contribution in [2.45, 2.75) is 52.5 Å². The van der Waals surface area contributed by atoms with Crippen molar-refractivity contribution >= 4 is 0 Å². The number of hydrogen-bond donors (Lipinski definition) is 1. The molecule has 0 amide bonds. The monoisotopic (exact) mass is 167 g/mol. The summed E-state index contributed by atoms with van der Waals surface area (Å²) in [4.78, 5) is 0. The minimum absolute atomic E-state index is 0.224. The van der Waals surface area contributed by atoms with Gasteiger partial charge in [0.1, 0.15) is 0 Å². The highest BCUT2D eigenvalue weighted by molar-refractivity contribution is 5.12. The molecule has 0 radical (unpaired) electrons. The molecule has 0 spiro atoms. The molecule has 12 heavy (non-hydrogen) atoms. The van der Waals surface area contributed by atoms with Crippen LogP contribution in [0.1, 0.15) is 46.5 Å². The molecule has 1 rings (SSSR count). The molecule has 1 atom stereocenters. The molecule has 0 aliphatic heterocycles. The molecule has 1 nitrogen and oxygen atoms in total. The maximum Gasteiger partial charge on any atom is 0.0222 e. The molecular weight excluding hydrogens is 146 g/mol. The Hall–Kier alpha value is -0.300. The zero-order valence-electron chi connectivity index (χ0n) is 8.56. The fourth-order valence-corrected chi connectivity index (χ4v) is 2.01. The Bertz CT molecular complexity index is 173. The summed E-state index contributed by atoms with van der Waals surface area (Å²) in [5, 5.41) is 0. The van der Waals surface area contributed by atoms with E-state index in [9.17, 15) is 0 Å². The van der Waals surface area contributed by atoms with E-state index in [2.05, 4.69) is 26.8 Å². The van der Waals surface area contributed by atoms with E-state index in [1.54, 1.807) is 0 Å². The van der Waals surface area contributed by atoms with Gasteiger partial charge in [-0.1, -0.05) is 31.4 Å². The number of nitrogens with two attached hydrogens (primary N) is 1. The summed E-state index contributed by atoms with van der Waals surface area (Å²) in [7, 11) is 0. The van der Waals surface area contributed by atoms with E-state index in [1.807, 2.05) is 0 Å². The first kappa shape index (κ1) is 9.79. The van der Waals surface area contributed by atoms with Gasteiger partial charge in [0.2, 0.25) is 0 Å². The van der Waals surface area contributed by atoms with Crippen molar-refractivity contribution in [2.24, 2.45) is 11.1 Å². The first-order chi connectivity index (χ1) is 5.53. The topological polar surface area (TPSA) is 26.0 Å². The highest BCUT2D eigenvalue weighted by Gasteiger charge is 2.26. The summed E-state index contributed by atoms with van der Waals surface area (Å²) >= 11 is 0. The molecule has 1 fully saturated rings. The molecule has 1 saturated carbocycles. The van der Waals surface area contributed by atoms with Crippen molar-refractivity contribution in [3.8, 4) is 0 Å². The summed E-state index contributed by atoms with van der Waals surface area (Å²) in [6.45, 7) is 6.56. The van der Waals surface area contributed by atoms with Gasteiger partial charge in [0.15, 0.2) is 0 Å². The lowest BCUT2D eigenvalue weighted by atomic mass is 9.86. The van der Waals surface area contributed by atoms with E-state index in [0.29, 0.717) is 5.41 Å². The van der Waals surface area contributed by atoms with E-state index in [4.69, 9.17) is 5.73 Å². The normalized spacial score (nSPS) is 25.8. The van der Waals surface area contributed by atoms with Gasteiger partial charge in [0, 0.05) is 6.04 Å². The molecule has 1 aliphatic carbocycles. The van der Waals surface area contributed by atoms with Crippen LogP contribution in [0.4, 0.5) is 0 Å². The smallest absolute Gasteiger partial charge is 0.0222 e. The summed E-state index contributed by atoms with van der Waals surface area (Å²) in [5.41, 5.74) is 7.61. The number of rotatable bonds is 2. The van der Waals surface area contributed by atoms with E-state index in [1.165, 1.54) is 31.3 Å². The van der Waals surface area contributed by atoms with Gasteiger partial charge in [-0.25, -0.2) is 0 Å². The molecule has 1 heteroatoms. The second-order valence-corrected chi connectivity index (χ2v) is 4.54. The van der Waals surface area contributed by atoms with E-state index < -0.39 is 0 Å². The lowest BCUT2D eigenvalue weighted by Gasteiger charge is -2.20. The van der Waals surface area contributed by atoms with Crippen LogP contribution in [0.2, 0.25) is 0 Å². The minimum atomic E-state index is 0.224. The summed E-state index contributed by atoms with van der Waals surface area (Å²) in [6, 6.07) is 0.224. The largest absolute Gasteiger partial charge is 0.324 e. The van der Waals surface area contributed by atoms with Gasteiger partial charge in [-0.2, -0.15) is 0 Å². The van der Waals surface area contributed by atoms with Crippen LogP contribution in [-0.4, -0.2) is 6.04 Å². The van der Waals surface area contributed by atoms with Crippen molar-refractivity contribution in [3.05, 3.63) is 11.6 Å². The number of allylic oxidation sites excluding steroid dienone is 1. The van der Waals surface area contributed by atoms with Crippen LogP contribution < -0.4 is 5.73 Å². The Morgan fingerprint density at radius 3 is 2.33 bits per heavy atom. The minimum Gasteiger partial charge on any atom is -0.324 e. The number of hydrogen-bond acceptors (Lipinski definition) is 1. The van der Waals surface area contributed by atoms with Gasteiger partial charge in [-0.3, -0.25) is 0 Å². The molecular formula is C11H21N. The van der Waals surface area contributed by atoms with Crippen LogP contribution in [0.5, 0.6) is 0 Å². The second kappa shape index (κ2) is 3.61. The maximum absolute atomic E-state index is 5.80. The van der Waals surface area contributed by atoms with Crippen molar-refractivity contribution in [2.75, 3.05) is 0 Å². The van der Waals surface area contributed by atoms with Crippen LogP contribution in [-0.2, 0) is 0 Å². The first-order valence-corrected chi connectivity index (χ1v) is 4.98.